The van der Waals surface area contributed by atoms with Crippen molar-refractivity contribution in [1.29, 1.82) is 0 Å². The summed E-state index contributed by atoms with van der Waals surface area (Å²) in [5.41, 5.74) is 7.85. The van der Waals surface area contributed by atoms with Crippen molar-refractivity contribution in [2.75, 3.05) is 0 Å². The van der Waals surface area contributed by atoms with Gasteiger partial charge in [0.15, 0.2) is 0 Å². The van der Waals surface area contributed by atoms with Crippen LogP contribution in [0.5, 0.6) is 0 Å². The number of benzene rings is 5. The fourth-order valence-corrected chi connectivity index (χ4v) is 8.05. The molecule has 0 aliphatic rings. The number of aryl methyl sites for hydroxylation is 1. The molecular weight excluding hydrogens is 807 g/mol. The molecule has 0 atom stereocenters. The maximum Gasteiger partial charge on any atom is 0.0798 e. The quantitative estimate of drug-likeness (QED) is 0.124. The third-order valence-corrected chi connectivity index (χ3v) is 10.8. The predicted molar refractivity (Wildman–Crippen MR) is 207 cm³/mol. The molecule has 0 aliphatic carbocycles. The summed E-state index contributed by atoms with van der Waals surface area (Å²) in [6, 6.07) is 41.0. The largest absolute Gasteiger partial charge is 0.557 e. The Kier molecular flexibility index (Phi) is 9.22. The average molecular weight is 851 g/mol. The molecule has 0 saturated carbocycles. The van der Waals surface area contributed by atoms with Gasteiger partial charge in [0.1, 0.15) is 0 Å². The molecule has 0 saturated heterocycles. The second kappa shape index (κ2) is 14.7. The smallest absolute Gasteiger partial charge is 0.0798 e. The number of fused-ring (bicyclic) bond motifs is 3. The number of nitrogens with zero attached hydrogens (tertiary/aromatic N) is 3. The molecule has 5 aromatic carbocycles. The zero-order valence-electron chi connectivity index (χ0n) is 31.9. The van der Waals surface area contributed by atoms with Gasteiger partial charge in [0.25, 0.3) is 0 Å². The van der Waals surface area contributed by atoms with E-state index >= 15 is 0 Å². The first-order valence-corrected chi connectivity index (χ1v) is 20.3. The summed E-state index contributed by atoms with van der Waals surface area (Å²) >= 11 is 0. The van der Waals surface area contributed by atoms with Crippen molar-refractivity contribution in [2.45, 2.75) is 46.8 Å². The van der Waals surface area contributed by atoms with Gasteiger partial charge in [0, 0.05) is 53.3 Å². The Balaban J connectivity index is 0.000000199. The van der Waals surface area contributed by atoms with Crippen molar-refractivity contribution in [2.24, 2.45) is 5.92 Å². The van der Waals surface area contributed by atoms with E-state index in [1.165, 1.54) is 10.8 Å². The molecule has 0 spiro atoms. The fourth-order valence-electron chi connectivity index (χ4n) is 6.46. The van der Waals surface area contributed by atoms with Gasteiger partial charge in [-0.05, 0) is 53.7 Å². The van der Waals surface area contributed by atoms with Crippen molar-refractivity contribution in [3.8, 4) is 28.3 Å². The molecule has 0 unspecified atom stereocenters. The molecule has 253 valence electrons. The third kappa shape index (κ3) is 7.15. The summed E-state index contributed by atoms with van der Waals surface area (Å²) in [4.78, 5) is 9.61. The van der Waals surface area contributed by atoms with Gasteiger partial charge in [0.05, 0.1) is 24.9 Å². The Bertz CT molecular complexity index is 2510. The van der Waals surface area contributed by atoms with E-state index in [0.29, 0.717) is 22.9 Å². The van der Waals surface area contributed by atoms with Gasteiger partial charge in [-0.15, -0.1) is 42.0 Å². The Labute approximate surface area is 313 Å². The average Bonchev–Trinajstić information content (AvgIpc) is 3.72. The van der Waals surface area contributed by atoms with E-state index in [0.717, 1.165) is 50.6 Å². The first-order chi connectivity index (χ1) is 24.9. The molecule has 8 aromatic rings. The monoisotopic (exact) mass is 851 g/mol. The fraction of sp³-hybridized carbons (Fsp3) is 0.182. The van der Waals surface area contributed by atoms with Crippen LogP contribution in [0.25, 0.3) is 61.1 Å². The second-order valence-corrected chi connectivity index (χ2v) is 18.9. The van der Waals surface area contributed by atoms with Gasteiger partial charge in [-0.25, -0.2) is 0 Å². The Hall–Kier alpha value is -4.61. The van der Waals surface area contributed by atoms with Crippen LogP contribution in [0.2, 0.25) is 19.6 Å². The number of aromatic nitrogens is 3. The zero-order valence-corrected chi connectivity index (χ0v) is 32.3. The van der Waals surface area contributed by atoms with E-state index in [4.69, 9.17) is 13.5 Å². The molecule has 1 radical (unpaired) electrons. The van der Waals surface area contributed by atoms with Crippen molar-refractivity contribution < 1.29 is 28.6 Å². The zero-order chi connectivity index (χ0) is 36.6. The van der Waals surface area contributed by atoms with Gasteiger partial charge >= 0.3 is 0 Å². The predicted octanol–water partition coefficient (Wildman–Crippen LogP) is 11.0. The molecule has 50 heavy (non-hydrogen) atoms. The van der Waals surface area contributed by atoms with E-state index < -0.39 is 14.9 Å². The number of para-hydroxylation sites is 2. The first kappa shape index (κ1) is 31.4. The van der Waals surface area contributed by atoms with Crippen LogP contribution in [0.4, 0.5) is 0 Å². The van der Waals surface area contributed by atoms with Crippen molar-refractivity contribution in [3.63, 3.8) is 0 Å². The van der Waals surface area contributed by atoms with Crippen LogP contribution >= 0.6 is 0 Å². The van der Waals surface area contributed by atoms with E-state index in [-0.39, 0.29) is 25.7 Å². The van der Waals surface area contributed by atoms with Crippen LogP contribution in [0.1, 0.15) is 29.1 Å². The van der Waals surface area contributed by atoms with Crippen molar-refractivity contribution >= 4 is 46.0 Å². The minimum Gasteiger partial charge on any atom is -0.557 e. The van der Waals surface area contributed by atoms with Crippen LogP contribution in [0.15, 0.2) is 126 Å². The summed E-state index contributed by atoms with van der Waals surface area (Å²) in [6.45, 7) is 9.54. The molecule has 3 heterocycles. The standard InChI is InChI=1S/C26H17N2O.C18H24NSi.Ir/c1-17-13-14-20-21(16-29-25(20)15-17)26-27-22-10-4-5-11-24(22)28(26)23-12-6-8-18-7-2-3-9-19(18)23;1-14(2)11-16-12-17(15-9-7-6-8-10-15)19-13-18(16)20(3,4)5;/h2-15H,1H3;6-9,12-14H,11H2,1-5H3;/q2*-1;/i1D3;;. The molecule has 0 N–H and O–H groups in total. The topological polar surface area (TPSA) is 43.9 Å². The van der Waals surface area contributed by atoms with Crippen LogP contribution in [0, 0.1) is 25.1 Å². The maximum absolute atomic E-state index is 7.68. The first-order valence-electron chi connectivity index (χ1n) is 18.3. The minimum absolute atomic E-state index is 0. The number of pyridine rings is 1. The summed E-state index contributed by atoms with van der Waals surface area (Å²) in [7, 11) is -1.34. The molecule has 0 amide bonds. The molecule has 8 rings (SSSR count). The second-order valence-electron chi connectivity index (χ2n) is 13.9. The summed E-state index contributed by atoms with van der Waals surface area (Å²) in [6.07, 6.45) is 6.22. The van der Waals surface area contributed by atoms with Gasteiger partial charge in [-0.2, -0.15) is 0 Å². The molecule has 0 bridgehead atoms. The van der Waals surface area contributed by atoms with E-state index in [9.17, 15) is 0 Å². The van der Waals surface area contributed by atoms with Crippen molar-refractivity contribution in [1.82, 2.24) is 14.5 Å². The van der Waals surface area contributed by atoms with Gasteiger partial charge < -0.3 is 14.0 Å². The van der Waals surface area contributed by atoms with Crippen LogP contribution < -0.4 is 5.19 Å². The number of imidazole rings is 1. The van der Waals surface area contributed by atoms with Gasteiger partial charge in [-0.1, -0.05) is 122 Å². The number of rotatable bonds is 6. The third-order valence-electron chi connectivity index (χ3n) is 8.72. The van der Waals surface area contributed by atoms with Gasteiger partial charge in [-0.3, -0.25) is 4.98 Å². The van der Waals surface area contributed by atoms with E-state index in [1.54, 1.807) is 18.2 Å². The Morgan fingerprint density at radius 3 is 2.42 bits per heavy atom. The van der Waals surface area contributed by atoms with Crippen LogP contribution in [0.3, 0.4) is 0 Å². The van der Waals surface area contributed by atoms with Crippen molar-refractivity contribution in [3.05, 3.63) is 145 Å². The van der Waals surface area contributed by atoms with Crippen LogP contribution in [-0.4, -0.2) is 22.6 Å². The SMILES string of the molecule is CC(C)Cc1cc(-c2[c-]cccc2)ncc1[Si](C)(C)C.[2H]C([2H])([2H])c1ccc2c(-c3nc4ccccc4n3-c3cccc4ccccc34)[c-]oc2c1.[Ir]. The van der Waals surface area contributed by atoms with E-state index in [1.807, 2.05) is 60.7 Å². The molecule has 4 nitrogen and oxygen atoms in total. The van der Waals surface area contributed by atoms with Gasteiger partial charge in [0.2, 0.25) is 0 Å². The number of furan rings is 1. The maximum atomic E-state index is 7.68. The number of hydrogen-bond donors (Lipinski definition) is 0. The minimum atomic E-state index is -2.20. The summed E-state index contributed by atoms with van der Waals surface area (Å²) < 4.78 is 30.8. The molecule has 6 heteroatoms. The normalized spacial score (nSPS) is 12.6. The summed E-state index contributed by atoms with van der Waals surface area (Å²) in [5, 5.41) is 4.51. The van der Waals surface area contributed by atoms with Crippen LogP contribution in [-0.2, 0) is 26.5 Å². The number of hydrogen-bond acceptors (Lipinski definition) is 3. The molecular formula is C44H41IrN3OSi-2. The molecule has 0 fully saturated rings. The molecule has 3 aromatic heterocycles. The Morgan fingerprint density at radius 1 is 0.860 bits per heavy atom. The Morgan fingerprint density at radius 2 is 1.64 bits per heavy atom. The van der Waals surface area contributed by atoms with E-state index in [2.05, 4.69) is 98.0 Å². The summed E-state index contributed by atoms with van der Waals surface area (Å²) in [5.74, 6) is 1.36. The molecule has 0 aliphatic heterocycles.